The van der Waals surface area contributed by atoms with Crippen molar-refractivity contribution in [2.75, 3.05) is 7.11 Å². The van der Waals surface area contributed by atoms with Crippen LogP contribution in [0.2, 0.25) is 0 Å². The van der Waals surface area contributed by atoms with Gasteiger partial charge in [0.05, 0.1) is 12.8 Å². The first-order valence-corrected chi connectivity index (χ1v) is 7.88. The average Bonchev–Trinajstić information content (AvgIpc) is 3.04. The quantitative estimate of drug-likeness (QED) is 0.591. The summed E-state index contributed by atoms with van der Waals surface area (Å²) in [5.74, 6) is 0.0930. The SMILES string of the molecule is COc1cc(/C(C)=N/NC(=O)c2n[nH]c3c2CCCC3)ccc1O. The molecule has 1 aromatic carbocycles. The Morgan fingerprint density at radius 1 is 1.38 bits per heavy atom. The molecule has 0 bridgehead atoms. The van der Waals surface area contributed by atoms with Gasteiger partial charge in [-0.2, -0.15) is 10.2 Å². The third kappa shape index (κ3) is 3.10. The second-order valence-electron chi connectivity index (χ2n) is 5.76. The summed E-state index contributed by atoms with van der Waals surface area (Å²) in [5, 5.41) is 20.8. The van der Waals surface area contributed by atoms with Crippen LogP contribution in [-0.2, 0) is 12.8 Å². The highest BCUT2D eigenvalue weighted by Gasteiger charge is 2.21. The Morgan fingerprint density at radius 2 is 2.17 bits per heavy atom. The van der Waals surface area contributed by atoms with E-state index in [9.17, 15) is 9.90 Å². The number of hydrogen-bond donors (Lipinski definition) is 3. The highest BCUT2D eigenvalue weighted by molar-refractivity contribution is 6.01. The Balaban J connectivity index is 1.75. The maximum Gasteiger partial charge on any atom is 0.292 e. The zero-order valence-electron chi connectivity index (χ0n) is 13.7. The van der Waals surface area contributed by atoms with Crippen LogP contribution >= 0.6 is 0 Å². The molecule has 0 spiro atoms. The number of benzene rings is 1. The van der Waals surface area contributed by atoms with Crippen molar-refractivity contribution >= 4 is 11.6 Å². The number of H-pyrrole nitrogens is 1. The molecule has 1 aromatic heterocycles. The van der Waals surface area contributed by atoms with Crippen LogP contribution in [0.25, 0.3) is 0 Å². The number of rotatable bonds is 4. The summed E-state index contributed by atoms with van der Waals surface area (Å²) in [6.07, 6.45) is 4.00. The van der Waals surface area contributed by atoms with E-state index in [0.29, 0.717) is 17.2 Å². The Bertz CT molecular complexity index is 795. The first kappa shape index (κ1) is 16.0. The number of phenolic OH excluding ortho intramolecular Hbond substituents is 1. The van der Waals surface area contributed by atoms with Crippen LogP contribution in [0, 0.1) is 0 Å². The largest absolute Gasteiger partial charge is 0.504 e. The van der Waals surface area contributed by atoms with Crippen molar-refractivity contribution in [2.45, 2.75) is 32.6 Å². The van der Waals surface area contributed by atoms with Gasteiger partial charge in [0.1, 0.15) is 0 Å². The Morgan fingerprint density at radius 3 is 2.96 bits per heavy atom. The molecule has 1 heterocycles. The first-order chi connectivity index (χ1) is 11.6. The fourth-order valence-electron chi connectivity index (χ4n) is 2.82. The lowest BCUT2D eigenvalue weighted by molar-refractivity contribution is 0.0948. The number of nitrogens with one attached hydrogen (secondary N) is 2. The van der Waals surface area contributed by atoms with E-state index in [4.69, 9.17) is 4.74 Å². The minimum atomic E-state index is -0.320. The third-order valence-electron chi connectivity index (χ3n) is 4.19. The lowest BCUT2D eigenvalue weighted by Gasteiger charge is -2.10. The molecule has 1 aliphatic carbocycles. The summed E-state index contributed by atoms with van der Waals surface area (Å²) >= 11 is 0. The van der Waals surface area contributed by atoms with Gasteiger partial charge in [-0.3, -0.25) is 9.89 Å². The number of fused-ring (bicyclic) bond motifs is 1. The number of nitrogens with zero attached hydrogens (tertiary/aromatic N) is 2. The number of ether oxygens (including phenoxy) is 1. The molecule has 7 heteroatoms. The zero-order chi connectivity index (χ0) is 17.1. The molecule has 3 rings (SSSR count). The second kappa shape index (κ2) is 6.74. The summed E-state index contributed by atoms with van der Waals surface area (Å²) in [6, 6.07) is 4.90. The molecule has 24 heavy (non-hydrogen) atoms. The van der Waals surface area contributed by atoms with E-state index < -0.39 is 0 Å². The topological polar surface area (TPSA) is 99.6 Å². The zero-order valence-corrected chi connectivity index (χ0v) is 13.7. The van der Waals surface area contributed by atoms with E-state index in [1.165, 1.54) is 13.2 Å². The van der Waals surface area contributed by atoms with Crippen LogP contribution < -0.4 is 10.2 Å². The Hall–Kier alpha value is -2.83. The van der Waals surface area contributed by atoms with Crippen molar-refractivity contribution in [2.24, 2.45) is 5.10 Å². The first-order valence-electron chi connectivity index (χ1n) is 7.88. The minimum Gasteiger partial charge on any atom is -0.504 e. The number of aromatic nitrogens is 2. The number of amides is 1. The number of aromatic amines is 1. The van der Waals surface area contributed by atoms with Crippen molar-refractivity contribution in [3.8, 4) is 11.5 Å². The molecule has 0 unspecified atom stereocenters. The van der Waals surface area contributed by atoms with Gasteiger partial charge in [-0.1, -0.05) is 0 Å². The van der Waals surface area contributed by atoms with Crippen LogP contribution in [0.3, 0.4) is 0 Å². The summed E-state index contributed by atoms with van der Waals surface area (Å²) in [4.78, 5) is 12.3. The number of carbonyl (C=O) groups is 1. The molecule has 2 aromatic rings. The number of methoxy groups -OCH3 is 1. The van der Waals surface area contributed by atoms with Crippen molar-refractivity contribution in [3.63, 3.8) is 0 Å². The molecule has 126 valence electrons. The van der Waals surface area contributed by atoms with Crippen LogP contribution in [0.4, 0.5) is 0 Å². The molecule has 0 saturated carbocycles. The standard InChI is InChI=1S/C17H20N4O3/c1-10(11-7-8-14(22)15(9-11)24-2)18-21-17(23)16-12-5-3-4-6-13(12)19-20-16/h7-9,22H,3-6H2,1-2H3,(H,19,20)(H,21,23)/b18-10+. The van der Waals surface area contributed by atoms with Crippen molar-refractivity contribution in [1.82, 2.24) is 15.6 Å². The fraction of sp³-hybridized carbons (Fsp3) is 0.353. The van der Waals surface area contributed by atoms with Gasteiger partial charge in [0.25, 0.3) is 5.91 Å². The van der Waals surface area contributed by atoms with E-state index in [1.807, 2.05) is 0 Å². The molecule has 0 saturated heterocycles. The van der Waals surface area contributed by atoms with Gasteiger partial charge in [0.2, 0.25) is 0 Å². The number of aromatic hydroxyl groups is 1. The molecule has 7 nitrogen and oxygen atoms in total. The Kier molecular flexibility index (Phi) is 4.50. The van der Waals surface area contributed by atoms with E-state index in [1.54, 1.807) is 19.1 Å². The monoisotopic (exact) mass is 328 g/mol. The van der Waals surface area contributed by atoms with Crippen molar-refractivity contribution < 1.29 is 14.6 Å². The summed E-state index contributed by atoms with van der Waals surface area (Å²) in [7, 11) is 1.48. The van der Waals surface area contributed by atoms with Gasteiger partial charge in [-0.15, -0.1) is 0 Å². The molecule has 3 N–H and O–H groups in total. The maximum absolute atomic E-state index is 12.3. The lowest BCUT2D eigenvalue weighted by atomic mass is 9.96. The second-order valence-corrected chi connectivity index (χ2v) is 5.76. The Labute approximate surface area is 139 Å². The average molecular weight is 328 g/mol. The van der Waals surface area contributed by atoms with Gasteiger partial charge < -0.3 is 9.84 Å². The number of aryl methyl sites for hydroxylation is 1. The number of carbonyl (C=O) groups excluding carboxylic acids is 1. The van der Waals surface area contributed by atoms with Crippen LogP contribution in [0.15, 0.2) is 23.3 Å². The van der Waals surface area contributed by atoms with Crippen LogP contribution in [-0.4, -0.2) is 34.0 Å². The molecule has 1 amide bonds. The van der Waals surface area contributed by atoms with Crippen molar-refractivity contribution in [1.29, 1.82) is 0 Å². The molecular formula is C17H20N4O3. The van der Waals surface area contributed by atoms with E-state index >= 15 is 0 Å². The molecule has 0 radical (unpaired) electrons. The highest BCUT2D eigenvalue weighted by Crippen LogP contribution is 2.26. The molecular weight excluding hydrogens is 308 g/mol. The van der Waals surface area contributed by atoms with Crippen LogP contribution in [0.1, 0.15) is 47.1 Å². The van der Waals surface area contributed by atoms with Gasteiger partial charge in [-0.25, -0.2) is 5.43 Å². The minimum absolute atomic E-state index is 0.0567. The maximum atomic E-state index is 12.3. The van der Waals surface area contributed by atoms with E-state index in [0.717, 1.165) is 42.5 Å². The summed E-state index contributed by atoms with van der Waals surface area (Å²) in [6.45, 7) is 1.77. The number of hydrazone groups is 1. The van der Waals surface area contributed by atoms with E-state index in [-0.39, 0.29) is 11.7 Å². The van der Waals surface area contributed by atoms with Crippen molar-refractivity contribution in [3.05, 3.63) is 40.7 Å². The normalized spacial score (nSPS) is 14.2. The van der Waals surface area contributed by atoms with Crippen LogP contribution in [0.5, 0.6) is 11.5 Å². The molecule has 0 aliphatic heterocycles. The number of hydrogen-bond acceptors (Lipinski definition) is 5. The van der Waals surface area contributed by atoms with Gasteiger partial charge >= 0.3 is 0 Å². The number of phenols is 1. The van der Waals surface area contributed by atoms with E-state index in [2.05, 4.69) is 20.7 Å². The van der Waals surface area contributed by atoms with Gasteiger partial charge in [0.15, 0.2) is 17.2 Å². The molecule has 0 atom stereocenters. The van der Waals surface area contributed by atoms with Gasteiger partial charge in [-0.05, 0) is 50.8 Å². The predicted molar refractivity (Wildman–Crippen MR) is 89.6 cm³/mol. The third-order valence-corrected chi connectivity index (χ3v) is 4.19. The lowest BCUT2D eigenvalue weighted by Crippen LogP contribution is -2.21. The predicted octanol–water partition coefficient (Wildman–Crippen LogP) is 2.16. The fourth-order valence-corrected chi connectivity index (χ4v) is 2.82. The summed E-state index contributed by atoms with van der Waals surface area (Å²) in [5.41, 5.74) is 6.37. The smallest absolute Gasteiger partial charge is 0.292 e. The highest BCUT2D eigenvalue weighted by atomic mass is 16.5. The molecule has 0 fully saturated rings. The van der Waals surface area contributed by atoms with Gasteiger partial charge in [0, 0.05) is 16.8 Å². The molecule has 1 aliphatic rings. The summed E-state index contributed by atoms with van der Waals surface area (Å²) < 4.78 is 5.08.